The van der Waals surface area contributed by atoms with Crippen molar-refractivity contribution in [2.24, 2.45) is 0 Å². The molecule has 1 fully saturated rings. The Balaban J connectivity index is 1.58. The second-order valence-corrected chi connectivity index (χ2v) is 8.74. The van der Waals surface area contributed by atoms with Crippen LogP contribution < -0.4 is 15.1 Å². The summed E-state index contributed by atoms with van der Waals surface area (Å²) >= 11 is 1.35. The van der Waals surface area contributed by atoms with Crippen molar-refractivity contribution in [2.75, 3.05) is 34.8 Å². The quantitative estimate of drug-likeness (QED) is 0.607. The standard InChI is InChI=1S/C24H25N3O3S/c1-16-5-3-6-19(13-16)27-11-10-26(15-17(27)2)21-9-8-18(24(29)30)14-20(21)25-23(28)22-7-4-12-31-22/h3-9,12-14,17H,10-11,15H2,1-2H3,(H,25,28)(H,29,30)/t17-/m1/s1. The Bertz CT molecular complexity index is 1100. The number of carboxylic acid groups (broad SMARTS) is 1. The fraction of sp³-hybridized carbons (Fsp3) is 0.250. The summed E-state index contributed by atoms with van der Waals surface area (Å²) in [7, 11) is 0. The molecule has 4 rings (SSSR count). The number of benzene rings is 2. The van der Waals surface area contributed by atoms with E-state index in [0.717, 1.165) is 25.3 Å². The van der Waals surface area contributed by atoms with Gasteiger partial charge in [-0.1, -0.05) is 18.2 Å². The van der Waals surface area contributed by atoms with E-state index >= 15 is 0 Å². The number of hydrogen-bond donors (Lipinski definition) is 2. The Morgan fingerprint density at radius 2 is 1.94 bits per heavy atom. The number of nitrogens with one attached hydrogen (secondary N) is 1. The molecule has 7 heteroatoms. The van der Waals surface area contributed by atoms with Crippen LogP contribution in [0.15, 0.2) is 60.0 Å². The zero-order valence-corrected chi connectivity index (χ0v) is 18.4. The van der Waals surface area contributed by atoms with E-state index in [9.17, 15) is 14.7 Å². The zero-order chi connectivity index (χ0) is 22.0. The maximum Gasteiger partial charge on any atom is 0.335 e. The minimum Gasteiger partial charge on any atom is -0.478 e. The summed E-state index contributed by atoms with van der Waals surface area (Å²) in [6.07, 6.45) is 0. The highest BCUT2D eigenvalue weighted by atomic mass is 32.1. The van der Waals surface area contributed by atoms with Crippen molar-refractivity contribution in [3.05, 3.63) is 76.0 Å². The Labute approximate surface area is 185 Å². The van der Waals surface area contributed by atoms with E-state index in [2.05, 4.69) is 53.2 Å². The van der Waals surface area contributed by atoms with Crippen LogP contribution in [0.2, 0.25) is 0 Å². The van der Waals surface area contributed by atoms with E-state index in [1.807, 2.05) is 11.4 Å². The Kier molecular flexibility index (Phi) is 5.95. The lowest BCUT2D eigenvalue weighted by Gasteiger charge is -2.43. The van der Waals surface area contributed by atoms with Crippen LogP contribution in [0.4, 0.5) is 17.1 Å². The van der Waals surface area contributed by atoms with Crippen molar-refractivity contribution in [3.8, 4) is 0 Å². The van der Waals surface area contributed by atoms with Crippen molar-refractivity contribution >= 4 is 40.3 Å². The molecule has 1 saturated heterocycles. The monoisotopic (exact) mass is 435 g/mol. The minimum absolute atomic E-state index is 0.150. The molecule has 1 aliphatic heterocycles. The number of aryl methyl sites for hydroxylation is 1. The summed E-state index contributed by atoms with van der Waals surface area (Å²) in [6, 6.07) is 17.3. The van der Waals surface area contributed by atoms with Crippen LogP contribution in [0.3, 0.4) is 0 Å². The van der Waals surface area contributed by atoms with Gasteiger partial charge in [0.1, 0.15) is 0 Å². The third kappa shape index (κ3) is 4.56. The van der Waals surface area contributed by atoms with Gasteiger partial charge in [0.05, 0.1) is 21.8 Å². The molecule has 1 aromatic heterocycles. The Morgan fingerprint density at radius 1 is 1.10 bits per heavy atom. The van der Waals surface area contributed by atoms with Crippen molar-refractivity contribution in [2.45, 2.75) is 19.9 Å². The van der Waals surface area contributed by atoms with Crippen molar-refractivity contribution in [1.29, 1.82) is 0 Å². The maximum absolute atomic E-state index is 12.6. The van der Waals surface area contributed by atoms with Crippen LogP contribution in [0.1, 0.15) is 32.5 Å². The summed E-state index contributed by atoms with van der Waals surface area (Å²) in [5.41, 5.74) is 3.95. The molecular formula is C24H25N3O3S. The highest BCUT2D eigenvalue weighted by Gasteiger charge is 2.26. The molecular weight excluding hydrogens is 410 g/mol. The summed E-state index contributed by atoms with van der Waals surface area (Å²) in [5, 5.41) is 14.2. The lowest BCUT2D eigenvalue weighted by Crippen LogP contribution is -2.52. The molecule has 1 aliphatic rings. The molecule has 0 radical (unpaired) electrons. The van der Waals surface area contributed by atoms with Crippen LogP contribution in [-0.4, -0.2) is 42.7 Å². The third-order valence-corrected chi connectivity index (χ3v) is 6.41. The molecule has 2 N–H and O–H groups in total. The third-order valence-electron chi connectivity index (χ3n) is 5.54. The van der Waals surface area contributed by atoms with Crippen molar-refractivity contribution < 1.29 is 14.7 Å². The number of amides is 1. The van der Waals surface area contributed by atoms with Gasteiger partial charge in [0.2, 0.25) is 0 Å². The summed E-state index contributed by atoms with van der Waals surface area (Å²) < 4.78 is 0. The number of carbonyl (C=O) groups is 2. The first-order valence-electron chi connectivity index (χ1n) is 10.2. The van der Waals surface area contributed by atoms with Crippen LogP contribution >= 0.6 is 11.3 Å². The van der Waals surface area contributed by atoms with Gasteiger partial charge in [-0.25, -0.2) is 4.79 Å². The fourth-order valence-electron chi connectivity index (χ4n) is 4.00. The first-order valence-corrected chi connectivity index (χ1v) is 11.1. The zero-order valence-electron chi connectivity index (χ0n) is 17.5. The van der Waals surface area contributed by atoms with Gasteiger partial charge in [-0.15, -0.1) is 11.3 Å². The van der Waals surface area contributed by atoms with Gasteiger partial charge in [0.15, 0.2) is 0 Å². The summed E-state index contributed by atoms with van der Waals surface area (Å²) in [6.45, 7) is 6.65. The van der Waals surface area contributed by atoms with E-state index in [0.29, 0.717) is 10.6 Å². The minimum atomic E-state index is -1.02. The average Bonchev–Trinajstić information content (AvgIpc) is 3.28. The Morgan fingerprint density at radius 3 is 2.61 bits per heavy atom. The van der Waals surface area contributed by atoms with Gasteiger partial charge in [0.25, 0.3) is 5.91 Å². The van der Waals surface area contributed by atoms with Gasteiger partial charge >= 0.3 is 5.97 Å². The normalized spacial score (nSPS) is 16.3. The highest BCUT2D eigenvalue weighted by molar-refractivity contribution is 7.12. The lowest BCUT2D eigenvalue weighted by molar-refractivity contribution is 0.0696. The molecule has 0 bridgehead atoms. The highest BCUT2D eigenvalue weighted by Crippen LogP contribution is 2.31. The molecule has 2 aromatic carbocycles. The molecule has 1 amide bonds. The van der Waals surface area contributed by atoms with E-state index in [-0.39, 0.29) is 17.5 Å². The molecule has 0 saturated carbocycles. The van der Waals surface area contributed by atoms with Crippen LogP contribution in [0, 0.1) is 6.92 Å². The fourth-order valence-corrected chi connectivity index (χ4v) is 4.62. The van der Waals surface area contributed by atoms with Crippen molar-refractivity contribution in [1.82, 2.24) is 0 Å². The second-order valence-electron chi connectivity index (χ2n) is 7.80. The van der Waals surface area contributed by atoms with E-state index in [1.165, 1.54) is 22.6 Å². The average molecular weight is 436 g/mol. The summed E-state index contributed by atoms with van der Waals surface area (Å²) in [5.74, 6) is -1.25. The molecule has 3 aromatic rings. The number of aromatic carboxylic acids is 1. The summed E-state index contributed by atoms with van der Waals surface area (Å²) in [4.78, 5) is 29.3. The van der Waals surface area contributed by atoms with E-state index < -0.39 is 5.97 Å². The number of nitrogens with zero attached hydrogens (tertiary/aromatic N) is 2. The SMILES string of the molecule is Cc1cccc(N2CCN(c3ccc(C(=O)O)cc3NC(=O)c3cccs3)C[C@H]2C)c1. The van der Waals surface area contributed by atoms with Gasteiger partial charge < -0.3 is 20.2 Å². The molecule has 0 unspecified atom stereocenters. The van der Waals surface area contributed by atoms with Gasteiger partial charge in [0, 0.05) is 31.4 Å². The molecule has 31 heavy (non-hydrogen) atoms. The predicted molar refractivity (Wildman–Crippen MR) is 126 cm³/mol. The lowest BCUT2D eigenvalue weighted by atomic mass is 10.1. The van der Waals surface area contributed by atoms with Gasteiger partial charge in [-0.3, -0.25) is 4.79 Å². The van der Waals surface area contributed by atoms with Gasteiger partial charge in [-0.2, -0.15) is 0 Å². The number of rotatable bonds is 5. The number of anilines is 3. The van der Waals surface area contributed by atoms with Crippen LogP contribution in [-0.2, 0) is 0 Å². The van der Waals surface area contributed by atoms with E-state index in [4.69, 9.17) is 0 Å². The number of hydrogen-bond acceptors (Lipinski definition) is 5. The number of carbonyl (C=O) groups excluding carboxylic acids is 1. The van der Waals surface area contributed by atoms with Crippen LogP contribution in [0.25, 0.3) is 0 Å². The first kappa shape index (κ1) is 20.9. The Hall–Kier alpha value is -3.32. The number of thiophene rings is 1. The molecule has 1 atom stereocenters. The molecule has 6 nitrogen and oxygen atoms in total. The topological polar surface area (TPSA) is 72.9 Å². The van der Waals surface area contributed by atoms with Crippen molar-refractivity contribution in [3.63, 3.8) is 0 Å². The molecule has 2 heterocycles. The maximum atomic E-state index is 12.6. The van der Waals surface area contributed by atoms with Crippen LogP contribution in [0.5, 0.6) is 0 Å². The largest absolute Gasteiger partial charge is 0.478 e. The smallest absolute Gasteiger partial charge is 0.335 e. The molecule has 0 spiro atoms. The molecule has 0 aliphatic carbocycles. The number of piperazine rings is 1. The first-order chi connectivity index (χ1) is 14.9. The molecule has 160 valence electrons. The second kappa shape index (κ2) is 8.81. The number of carboxylic acids is 1. The van der Waals surface area contributed by atoms with E-state index in [1.54, 1.807) is 24.3 Å². The predicted octanol–water partition coefficient (Wildman–Crippen LogP) is 4.72. The van der Waals surface area contributed by atoms with Gasteiger partial charge in [-0.05, 0) is 61.2 Å².